The van der Waals surface area contributed by atoms with Crippen LogP contribution in [0, 0.1) is 6.92 Å². The molecule has 7 heteroatoms. The maximum absolute atomic E-state index is 10.3. The van der Waals surface area contributed by atoms with E-state index in [1.54, 1.807) is 0 Å². The number of aliphatic hydroxyl groups excluding tert-OH is 4. The molecule has 0 amide bonds. The highest BCUT2D eigenvalue weighted by atomic mass is 32.1. The van der Waals surface area contributed by atoms with E-state index in [1.165, 1.54) is 11.1 Å². The highest BCUT2D eigenvalue weighted by Gasteiger charge is 2.45. The Labute approximate surface area is 182 Å². The molecular formula is C23H29NO5S. The van der Waals surface area contributed by atoms with Crippen molar-refractivity contribution >= 4 is 22.9 Å². The van der Waals surface area contributed by atoms with Gasteiger partial charge in [0.15, 0.2) is 0 Å². The SMILES string of the molecule is CCc1ccc(Cc2cccc(NC(=S)[C@@H]3O[C@H](CO)[C@@H](O)[C@H](O)[C@H]3O)c2C)cc1. The average Bonchev–Trinajstić information content (AvgIpc) is 2.75. The maximum atomic E-state index is 10.3. The monoisotopic (exact) mass is 431 g/mol. The predicted molar refractivity (Wildman–Crippen MR) is 120 cm³/mol. The number of thiocarbonyl (C=S) groups is 1. The molecule has 3 rings (SSSR count). The molecule has 1 fully saturated rings. The molecule has 0 aromatic heterocycles. The van der Waals surface area contributed by atoms with Crippen molar-refractivity contribution in [1.29, 1.82) is 0 Å². The molecule has 162 valence electrons. The van der Waals surface area contributed by atoms with Crippen LogP contribution in [0.3, 0.4) is 0 Å². The molecule has 0 spiro atoms. The summed E-state index contributed by atoms with van der Waals surface area (Å²) < 4.78 is 5.54. The normalized spacial score (nSPS) is 26.4. The smallest absolute Gasteiger partial charge is 0.137 e. The van der Waals surface area contributed by atoms with Crippen molar-refractivity contribution in [1.82, 2.24) is 0 Å². The van der Waals surface area contributed by atoms with E-state index in [0.717, 1.165) is 29.7 Å². The van der Waals surface area contributed by atoms with Crippen molar-refractivity contribution < 1.29 is 25.2 Å². The fourth-order valence-electron chi connectivity index (χ4n) is 3.65. The molecule has 30 heavy (non-hydrogen) atoms. The van der Waals surface area contributed by atoms with Gasteiger partial charge in [-0.05, 0) is 48.1 Å². The van der Waals surface area contributed by atoms with E-state index >= 15 is 0 Å². The van der Waals surface area contributed by atoms with E-state index in [1.807, 2.05) is 19.1 Å². The molecule has 0 unspecified atom stereocenters. The Hall–Kier alpha value is -1.87. The van der Waals surface area contributed by atoms with Crippen molar-refractivity contribution in [3.8, 4) is 0 Å². The summed E-state index contributed by atoms with van der Waals surface area (Å²) in [4.78, 5) is 0.180. The zero-order valence-electron chi connectivity index (χ0n) is 17.2. The van der Waals surface area contributed by atoms with E-state index in [9.17, 15) is 20.4 Å². The standard InChI is InChI=1S/C23H29NO5S/c1-3-14-7-9-15(10-8-14)11-16-5-4-6-17(13(16)2)24-23(30)22-21(28)20(27)19(26)18(12-25)29-22/h4-10,18-22,25-28H,3,11-12H2,1-2H3,(H,24,30)/t18-,19-,20+,21-,22-/m1/s1. The quantitative estimate of drug-likeness (QED) is 0.444. The van der Waals surface area contributed by atoms with Gasteiger partial charge in [0.05, 0.1) is 6.61 Å². The molecule has 2 aromatic carbocycles. The highest BCUT2D eigenvalue weighted by molar-refractivity contribution is 7.80. The van der Waals surface area contributed by atoms with Gasteiger partial charge in [0.2, 0.25) is 0 Å². The lowest BCUT2D eigenvalue weighted by Crippen LogP contribution is -2.61. The van der Waals surface area contributed by atoms with Crippen LogP contribution >= 0.6 is 12.2 Å². The minimum absolute atomic E-state index is 0.180. The second kappa shape index (κ2) is 9.96. The Morgan fingerprint density at radius 1 is 1.00 bits per heavy atom. The fraction of sp³-hybridized carbons (Fsp3) is 0.435. The second-order valence-corrected chi connectivity index (χ2v) is 8.12. The molecular weight excluding hydrogens is 402 g/mol. The Morgan fingerprint density at radius 3 is 2.30 bits per heavy atom. The Morgan fingerprint density at radius 2 is 1.67 bits per heavy atom. The van der Waals surface area contributed by atoms with E-state index in [2.05, 4.69) is 42.6 Å². The number of aliphatic hydroxyl groups is 4. The summed E-state index contributed by atoms with van der Waals surface area (Å²) >= 11 is 5.42. The number of rotatable bonds is 6. The number of benzene rings is 2. The highest BCUT2D eigenvalue weighted by Crippen LogP contribution is 2.26. The molecule has 1 saturated heterocycles. The summed E-state index contributed by atoms with van der Waals surface area (Å²) in [5.41, 5.74) is 5.45. The molecule has 5 N–H and O–H groups in total. The van der Waals surface area contributed by atoms with Gasteiger partial charge in [-0.1, -0.05) is 55.5 Å². The molecule has 0 aliphatic carbocycles. The van der Waals surface area contributed by atoms with Gasteiger partial charge in [0.25, 0.3) is 0 Å². The predicted octanol–water partition coefficient (Wildman–Crippen LogP) is 1.73. The molecule has 0 bridgehead atoms. The Balaban J connectivity index is 1.74. The van der Waals surface area contributed by atoms with Gasteiger partial charge in [-0.25, -0.2) is 0 Å². The summed E-state index contributed by atoms with van der Waals surface area (Å²) in [6, 6.07) is 14.4. The van der Waals surface area contributed by atoms with Gasteiger partial charge in [0, 0.05) is 5.69 Å². The third kappa shape index (κ3) is 4.88. The zero-order chi connectivity index (χ0) is 21.8. The minimum Gasteiger partial charge on any atom is -0.394 e. The topological polar surface area (TPSA) is 102 Å². The zero-order valence-corrected chi connectivity index (χ0v) is 18.0. The van der Waals surface area contributed by atoms with Crippen LogP contribution in [0.5, 0.6) is 0 Å². The number of hydrogen-bond acceptors (Lipinski definition) is 6. The second-order valence-electron chi connectivity index (χ2n) is 7.68. The number of anilines is 1. The van der Waals surface area contributed by atoms with Crippen molar-refractivity contribution in [2.45, 2.75) is 57.2 Å². The first kappa shape index (κ1) is 22.8. The van der Waals surface area contributed by atoms with E-state index in [0.29, 0.717) is 0 Å². The van der Waals surface area contributed by atoms with Gasteiger partial charge >= 0.3 is 0 Å². The fourth-order valence-corrected chi connectivity index (χ4v) is 3.95. The van der Waals surface area contributed by atoms with Crippen LogP contribution in [0.25, 0.3) is 0 Å². The van der Waals surface area contributed by atoms with E-state index < -0.39 is 37.1 Å². The Bertz CT molecular complexity index is 870. The van der Waals surface area contributed by atoms with Crippen molar-refractivity contribution in [3.05, 3.63) is 64.7 Å². The first-order valence-corrected chi connectivity index (χ1v) is 10.5. The number of aryl methyl sites for hydroxylation is 1. The van der Waals surface area contributed by atoms with E-state index in [4.69, 9.17) is 17.0 Å². The van der Waals surface area contributed by atoms with Crippen LogP contribution in [0.2, 0.25) is 0 Å². The number of nitrogens with one attached hydrogen (secondary N) is 1. The maximum Gasteiger partial charge on any atom is 0.137 e. The summed E-state index contributed by atoms with van der Waals surface area (Å²) in [7, 11) is 0. The molecule has 5 atom stereocenters. The van der Waals surface area contributed by atoms with Crippen LogP contribution in [0.15, 0.2) is 42.5 Å². The van der Waals surface area contributed by atoms with Gasteiger partial charge in [0.1, 0.15) is 35.5 Å². The lowest BCUT2D eigenvalue weighted by molar-refractivity contribution is -0.211. The van der Waals surface area contributed by atoms with Gasteiger partial charge in [-0.2, -0.15) is 0 Å². The summed E-state index contributed by atoms with van der Waals surface area (Å²) in [5.74, 6) is 0. The van der Waals surface area contributed by atoms with Crippen LogP contribution in [0.4, 0.5) is 5.69 Å². The molecule has 2 aromatic rings. The first-order chi connectivity index (χ1) is 14.3. The molecule has 6 nitrogen and oxygen atoms in total. The minimum atomic E-state index is -1.46. The summed E-state index contributed by atoms with van der Waals surface area (Å²) in [6.45, 7) is 3.63. The summed E-state index contributed by atoms with van der Waals surface area (Å²) in [5, 5.41) is 42.7. The van der Waals surface area contributed by atoms with Crippen molar-refractivity contribution in [2.24, 2.45) is 0 Å². The van der Waals surface area contributed by atoms with Crippen molar-refractivity contribution in [2.75, 3.05) is 11.9 Å². The lowest BCUT2D eigenvalue weighted by Gasteiger charge is -2.40. The molecule has 0 saturated carbocycles. The Kier molecular flexibility index (Phi) is 7.57. The number of hydrogen-bond donors (Lipinski definition) is 5. The third-order valence-electron chi connectivity index (χ3n) is 5.68. The lowest BCUT2D eigenvalue weighted by atomic mass is 9.94. The van der Waals surface area contributed by atoms with Gasteiger partial charge in [-0.3, -0.25) is 0 Å². The van der Waals surface area contributed by atoms with Gasteiger partial charge in [-0.15, -0.1) is 0 Å². The average molecular weight is 432 g/mol. The van der Waals surface area contributed by atoms with Crippen molar-refractivity contribution in [3.63, 3.8) is 0 Å². The van der Waals surface area contributed by atoms with Gasteiger partial charge < -0.3 is 30.5 Å². The summed E-state index contributed by atoms with van der Waals surface area (Å²) in [6.07, 6.45) is -4.52. The molecule has 1 aliphatic rings. The van der Waals surface area contributed by atoms with Crippen LogP contribution in [-0.4, -0.2) is 62.5 Å². The van der Waals surface area contributed by atoms with E-state index in [-0.39, 0.29) is 4.99 Å². The molecule has 1 heterocycles. The molecule has 0 radical (unpaired) electrons. The molecule has 1 aliphatic heterocycles. The van der Waals surface area contributed by atoms with Crippen LogP contribution in [0.1, 0.15) is 29.2 Å². The van der Waals surface area contributed by atoms with Crippen LogP contribution in [-0.2, 0) is 17.6 Å². The largest absolute Gasteiger partial charge is 0.394 e. The van der Waals surface area contributed by atoms with Crippen LogP contribution < -0.4 is 5.32 Å². The first-order valence-electron chi connectivity index (χ1n) is 10.1. The number of ether oxygens (including phenoxy) is 1. The third-order valence-corrected chi connectivity index (χ3v) is 6.01.